The summed E-state index contributed by atoms with van der Waals surface area (Å²) in [6, 6.07) is 10.1. The van der Waals surface area contributed by atoms with Crippen molar-refractivity contribution in [2.24, 2.45) is 11.8 Å². The van der Waals surface area contributed by atoms with Crippen LogP contribution in [0.4, 0.5) is 0 Å². The quantitative estimate of drug-likeness (QED) is 0.896. The van der Waals surface area contributed by atoms with Crippen molar-refractivity contribution in [2.45, 2.75) is 25.8 Å². The molecule has 3 nitrogen and oxygen atoms in total. The topological polar surface area (TPSA) is 32.3 Å². The van der Waals surface area contributed by atoms with E-state index in [2.05, 4.69) is 10.2 Å². The van der Waals surface area contributed by atoms with E-state index in [0.29, 0.717) is 13.1 Å². The number of rotatable bonds is 4. The highest BCUT2D eigenvalue weighted by Crippen LogP contribution is 2.37. The first-order chi connectivity index (χ1) is 9.31. The van der Waals surface area contributed by atoms with Gasteiger partial charge in [0.1, 0.15) is 0 Å². The van der Waals surface area contributed by atoms with Crippen LogP contribution < -0.4 is 5.32 Å². The summed E-state index contributed by atoms with van der Waals surface area (Å²) in [6.07, 6.45) is 4.13. The van der Waals surface area contributed by atoms with Gasteiger partial charge in [-0.15, -0.1) is 0 Å². The van der Waals surface area contributed by atoms with Crippen molar-refractivity contribution < 1.29 is 4.79 Å². The summed E-state index contributed by atoms with van der Waals surface area (Å²) < 4.78 is 0. The number of amides is 1. The molecular weight excluding hydrogens is 236 g/mol. The molecule has 2 unspecified atom stereocenters. The van der Waals surface area contributed by atoms with Crippen LogP contribution in [-0.2, 0) is 11.3 Å². The van der Waals surface area contributed by atoms with Crippen molar-refractivity contribution in [1.29, 1.82) is 0 Å². The SMILES string of the molecule is O=C(CN1CC2CCCC2C1)NCc1ccccc1. The second kappa shape index (κ2) is 5.74. The molecule has 1 aliphatic carbocycles. The number of carbonyl (C=O) groups is 1. The Labute approximate surface area is 115 Å². The second-order valence-electron chi connectivity index (χ2n) is 5.91. The number of nitrogens with zero attached hydrogens (tertiary/aromatic N) is 1. The monoisotopic (exact) mass is 258 g/mol. The summed E-state index contributed by atoms with van der Waals surface area (Å²) in [6.45, 7) is 3.47. The molecule has 19 heavy (non-hydrogen) atoms. The number of hydrogen-bond donors (Lipinski definition) is 1. The molecule has 2 fully saturated rings. The molecule has 0 spiro atoms. The van der Waals surface area contributed by atoms with Crippen LogP contribution in [0.2, 0.25) is 0 Å². The van der Waals surface area contributed by atoms with Gasteiger partial charge in [-0.05, 0) is 30.2 Å². The molecule has 3 heteroatoms. The molecule has 0 bridgehead atoms. The van der Waals surface area contributed by atoms with Gasteiger partial charge in [0, 0.05) is 19.6 Å². The van der Waals surface area contributed by atoms with Gasteiger partial charge in [-0.1, -0.05) is 36.8 Å². The van der Waals surface area contributed by atoms with Crippen molar-refractivity contribution >= 4 is 5.91 Å². The van der Waals surface area contributed by atoms with Gasteiger partial charge in [0.25, 0.3) is 0 Å². The first kappa shape index (κ1) is 12.7. The number of hydrogen-bond acceptors (Lipinski definition) is 2. The van der Waals surface area contributed by atoms with Gasteiger partial charge in [0.2, 0.25) is 5.91 Å². The molecule has 1 aliphatic heterocycles. The van der Waals surface area contributed by atoms with E-state index in [1.165, 1.54) is 19.3 Å². The summed E-state index contributed by atoms with van der Waals surface area (Å²) >= 11 is 0. The number of nitrogens with one attached hydrogen (secondary N) is 1. The molecule has 3 rings (SSSR count). The summed E-state index contributed by atoms with van der Waals surface area (Å²) in [4.78, 5) is 14.3. The predicted octanol–water partition coefficient (Wildman–Crippen LogP) is 2.03. The molecular formula is C16H22N2O. The summed E-state index contributed by atoms with van der Waals surface area (Å²) in [5.41, 5.74) is 1.16. The minimum absolute atomic E-state index is 0.156. The Morgan fingerprint density at radius 1 is 1.16 bits per heavy atom. The van der Waals surface area contributed by atoms with Crippen molar-refractivity contribution in [2.75, 3.05) is 19.6 Å². The van der Waals surface area contributed by atoms with Gasteiger partial charge in [0.15, 0.2) is 0 Å². The molecule has 1 aromatic carbocycles. The minimum Gasteiger partial charge on any atom is -0.351 e. The Morgan fingerprint density at radius 3 is 2.53 bits per heavy atom. The molecule has 2 atom stereocenters. The Morgan fingerprint density at radius 2 is 1.84 bits per heavy atom. The maximum Gasteiger partial charge on any atom is 0.234 e. The van der Waals surface area contributed by atoms with Crippen LogP contribution in [0.3, 0.4) is 0 Å². The van der Waals surface area contributed by atoms with Crippen molar-refractivity contribution in [3.8, 4) is 0 Å². The van der Waals surface area contributed by atoms with Gasteiger partial charge in [-0.2, -0.15) is 0 Å². The fourth-order valence-electron chi connectivity index (χ4n) is 3.52. The fraction of sp³-hybridized carbons (Fsp3) is 0.562. The minimum atomic E-state index is 0.156. The third-order valence-electron chi connectivity index (χ3n) is 4.50. The first-order valence-electron chi connectivity index (χ1n) is 7.34. The van der Waals surface area contributed by atoms with E-state index in [9.17, 15) is 4.79 Å². The lowest BCUT2D eigenvalue weighted by molar-refractivity contribution is -0.122. The Bertz CT molecular complexity index is 420. The van der Waals surface area contributed by atoms with Gasteiger partial charge >= 0.3 is 0 Å². The predicted molar refractivity (Wildman–Crippen MR) is 75.6 cm³/mol. The molecule has 1 saturated carbocycles. The van der Waals surface area contributed by atoms with Crippen LogP contribution in [0.15, 0.2) is 30.3 Å². The van der Waals surface area contributed by atoms with Crippen LogP contribution in [0.5, 0.6) is 0 Å². The van der Waals surface area contributed by atoms with Crippen LogP contribution in [-0.4, -0.2) is 30.4 Å². The van der Waals surface area contributed by atoms with E-state index in [0.717, 1.165) is 30.5 Å². The standard InChI is InChI=1S/C16H22N2O/c19-16(17-9-13-5-2-1-3-6-13)12-18-10-14-7-4-8-15(14)11-18/h1-3,5-6,14-15H,4,7-12H2,(H,17,19). The van der Waals surface area contributed by atoms with E-state index < -0.39 is 0 Å². The number of carbonyl (C=O) groups excluding carboxylic acids is 1. The highest BCUT2D eigenvalue weighted by Gasteiger charge is 2.36. The number of benzene rings is 1. The third-order valence-corrected chi connectivity index (χ3v) is 4.50. The first-order valence-corrected chi connectivity index (χ1v) is 7.34. The molecule has 1 heterocycles. The van der Waals surface area contributed by atoms with Crippen LogP contribution in [0.1, 0.15) is 24.8 Å². The molecule has 102 valence electrons. The maximum absolute atomic E-state index is 11.9. The highest BCUT2D eigenvalue weighted by molar-refractivity contribution is 5.78. The Balaban J connectivity index is 1.42. The third kappa shape index (κ3) is 3.16. The second-order valence-corrected chi connectivity index (χ2v) is 5.91. The van der Waals surface area contributed by atoms with E-state index in [-0.39, 0.29) is 5.91 Å². The zero-order valence-corrected chi connectivity index (χ0v) is 11.3. The lowest BCUT2D eigenvalue weighted by Gasteiger charge is -2.16. The lowest BCUT2D eigenvalue weighted by Crippen LogP contribution is -2.36. The average Bonchev–Trinajstić information content (AvgIpc) is 2.98. The zero-order valence-electron chi connectivity index (χ0n) is 11.3. The summed E-state index contributed by atoms with van der Waals surface area (Å²) in [7, 11) is 0. The van der Waals surface area contributed by atoms with Gasteiger partial charge in [-0.25, -0.2) is 0 Å². The zero-order chi connectivity index (χ0) is 13.1. The number of fused-ring (bicyclic) bond motifs is 1. The molecule has 2 aliphatic rings. The molecule has 0 aromatic heterocycles. The van der Waals surface area contributed by atoms with E-state index in [4.69, 9.17) is 0 Å². The van der Waals surface area contributed by atoms with E-state index in [1.807, 2.05) is 30.3 Å². The Kier molecular flexibility index (Phi) is 3.83. The van der Waals surface area contributed by atoms with Gasteiger partial charge in [-0.3, -0.25) is 9.69 Å². The normalized spacial score (nSPS) is 26.3. The molecule has 1 N–H and O–H groups in total. The van der Waals surface area contributed by atoms with Crippen LogP contribution in [0, 0.1) is 11.8 Å². The molecule has 1 aromatic rings. The van der Waals surface area contributed by atoms with E-state index >= 15 is 0 Å². The van der Waals surface area contributed by atoms with Gasteiger partial charge in [0.05, 0.1) is 6.54 Å². The number of likely N-dealkylation sites (tertiary alicyclic amines) is 1. The molecule has 1 saturated heterocycles. The van der Waals surface area contributed by atoms with Crippen LogP contribution >= 0.6 is 0 Å². The van der Waals surface area contributed by atoms with Crippen molar-refractivity contribution in [1.82, 2.24) is 10.2 Å². The summed E-state index contributed by atoms with van der Waals surface area (Å²) in [5.74, 6) is 1.88. The van der Waals surface area contributed by atoms with E-state index in [1.54, 1.807) is 0 Å². The van der Waals surface area contributed by atoms with Gasteiger partial charge < -0.3 is 5.32 Å². The molecule has 1 amide bonds. The lowest BCUT2D eigenvalue weighted by atomic mass is 10.0. The highest BCUT2D eigenvalue weighted by atomic mass is 16.2. The smallest absolute Gasteiger partial charge is 0.234 e. The van der Waals surface area contributed by atoms with Crippen molar-refractivity contribution in [3.63, 3.8) is 0 Å². The molecule has 0 radical (unpaired) electrons. The van der Waals surface area contributed by atoms with Crippen LogP contribution in [0.25, 0.3) is 0 Å². The largest absolute Gasteiger partial charge is 0.351 e. The summed E-state index contributed by atoms with van der Waals surface area (Å²) in [5, 5.41) is 3.01. The maximum atomic E-state index is 11.9. The van der Waals surface area contributed by atoms with Crippen molar-refractivity contribution in [3.05, 3.63) is 35.9 Å². The Hall–Kier alpha value is -1.35. The fourth-order valence-corrected chi connectivity index (χ4v) is 3.52. The average molecular weight is 258 g/mol.